The van der Waals surface area contributed by atoms with E-state index in [1.165, 1.54) is 4.90 Å². The van der Waals surface area contributed by atoms with Gasteiger partial charge in [0.25, 0.3) is 0 Å². The minimum atomic E-state index is -0.305. The SMILES string of the molecule is CN(Cc1cc(Br)cs1)C(=O)NCC(=O)Nc1ccc(Cl)cc1. The predicted molar refractivity (Wildman–Crippen MR) is 97.0 cm³/mol. The molecule has 0 saturated carbocycles. The molecule has 0 aliphatic heterocycles. The van der Waals surface area contributed by atoms with Gasteiger partial charge >= 0.3 is 6.03 Å². The Balaban J connectivity index is 1.76. The first-order valence-corrected chi connectivity index (χ1v) is 8.76. The summed E-state index contributed by atoms with van der Waals surface area (Å²) in [5, 5.41) is 7.82. The number of amides is 3. The Labute approximate surface area is 151 Å². The van der Waals surface area contributed by atoms with Gasteiger partial charge in [-0.1, -0.05) is 11.6 Å². The molecule has 122 valence electrons. The second-order valence-electron chi connectivity index (χ2n) is 4.80. The monoisotopic (exact) mass is 415 g/mol. The van der Waals surface area contributed by atoms with Gasteiger partial charge in [-0.3, -0.25) is 4.79 Å². The van der Waals surface area contributed by atoms with Gasteiger partial charge in [0.1, 0.15) is 0 Å². The van der Waals surface area contributed by atoms with E-state index in [-0.39, 0.29) is 18.5 Å². The average molecular weight is 417 g/mol. The molecular formula is C15H15BrClN3O2S. The summed E-state index contributed by atoms with van der Waals surface area (Å²) in [6.07, 6.45) is 0. The topological polar surface area (TPSA) is 61.4 Å². The number of carbonyl (C=O) groups excluding carboxylic acids is 2. The van der Waals surface area contributed by atoms with Crippen LogP contribution >= 0.6 is 38.9 Å². The van der Waals surface area contributed by atoms with Crippen LogP contribution in [0.1, 0.15) is 4.88 Å². The Morgan fingerprint density at radius 3 is 2.61 bits per heavy atom. The van der Waals surface area contributed by atoms with Crippen molar-refractivity contribution >= 4 is 56.5 Å². The van der Waals surface area contributed by atoms with E-state index in [1.807, 2.05) is 11.4 Å². The molecule has 2 aromatic rings. The number of anilines is 1. The van der Waals surface area contributed by atoms with Gasteiger partial charge in [-0.05, 0) is 46.3 Å². The molecule has 5 nitrogen and oxygen atoms in total. The van der Waals surface area contributed by atoms with Crippen molar-refractivity contribution in [1.29, 1.82) is 0 Å². The Hall–Kier alpha value is -1.57. The number of halogens is 2. The summed E-state index contributed by atoms with van der Waals surface area (Å²) in [5.74, 6) is -0.298. The normalized spacial score (nSPS) is 10.2. The molecule has 1 aromatic heterocycles. The van der Waals surface area contributed by atoms with Crippen LogP contribution in [0.25, 0.3) is 0 Å². The van der Waals surface area contributed by atoms with Crippen molar-refractivity contribution in [1.82, 2.24) is 10.2 Å². The quantitative estimate of drug-likeness (QED) is 0.775. The molecule has 1 heterocycles. The number of benzene rings is 1. The average Bonchev–Trinajstić information content (AvgIpc) is 2.92. The van der Waals surface area contributed by atoms with Crippen molar-refractivity contribution < 1.29 is 9.59 Å². The molecule has 0 bridgehead atoms. The van der Waals surface area contributed by atoms with E-state index in [1.54, 1.807) is 42.6 Å². The predicted octanol–water partition coefficient (Wildman–Crippen LogP) is 3.94. The molecule has 23 heavy (non-hydrogen) atoms. The van der Waals surface area contributed by atoms with Gasteiger partial charge in [0, 0.05) is 32.5 Å². The van der Waals surface area contributed by atoms with Crippen LogP contribution in [0, 0.1) is 0 Å². The number of carbonyl (C=O) groups is 2. The standard InChI is InChI=1S/C15H15BrClN3O2S/c1-20(8-13-6-10(16)9-23-13)15(22)18-7-14(21)19-12-4-2-11(17)3-5-12/h2-6,9H,7-8H2,1H3,(H,18,22)(H,19,21). The van der Waals surface area contributed by atoms with Gasteiger partial charge in [0.2, 0.25) is 5.91 Å². The highest BCUT2D eigenvalue weighted by Gasteiger charge is 2.11. The summed E-state index contributed by atoms with van der Waals surface area (Å²) >= 11 is 10.7. The zero-order valence-electron chi connectivity index (χ0n) is 12.3. The van der Waals surface area contributed by atoms with Crippen LogP contribution in [0.15, 0.2) is 40.2 Å². The maximum Gasteiger partial charge on any atom is 0.317 e. The lowest BCUT2D eigenvalue weighted by Crippen LogP contribution is -2.40. The van der Waals surface area contributed by atoms with Crippen LogP contribution in [0.2, 0.25) is 5.02 Å². The molecule has 0 radical (unpaired) electrons. The number of urea groups is 1. The summed E-state index contributed by atoms with van der Waals surface area (Å²) in [5.41, 5.74) is 0.630. The number of hydrogen-bond donors (Lipinski definition) is 2. The van der Waals surface area contributed by atoms with E-state index in [9.17, 15) is 9.59 Å². The lowest BCUT2D eigenvalue weighted by molar-refractivity contribution is -0.115. The van der Waals surface area contributed by atoms with Crippen molar-refractivity contribution in [2.75, 3.05) is 18.9 Å². The van der Waals surface area contributed by atoms with Crippen molar-refractivity contribution in [2.24, 2.45) is 0 Å². The van der Waals surface area contributed by atoms with Crippen LogP contribution < -0.4 is 10.6 Å². The Bertz CT molecular complexity index is 690. The second-order valence-corrected chi connectivity index (χ2v) is 7.15. The zero-order valence-corrected chi connectivity index (χ0v) is 15.5. The summed E-state index contributed by atoms with van der Waals surface area (Å²) in [7, 11) is 1.68. The first-order valence-electron chi connectivity index (χ1n) is 6.71. The van der Waals surface area contributed by atoms with Crippen LogP contribution in [0.4, 0.5) is 10.5 Å². The minimum absolute atomic E-state index is 0.0973. The third kappa shape index (κ3) is 5.85. The van der Waals surface area contributed by atoms with Crippen LogP contribution in [0.3, 0.4) is 0 Å². The number of rotatable bonds is 5. The fraction of sp³-hybridized carbons (Fsp3) is 0.200. The van der Waals surface area contributed by atoms with Gasteiger partial charge in [0.15, 0.2) is 0 Å². The smallest absolute Gasteiger partial charge is 0.317 e. The molecule has 1 aromatic carbocycles. The van der Waals surface area contributed by atoms with Crippen LogP contribution in [0.5, 0.6) is 0 Å². The first-order chi connectivity index (χ1) is 10.9. The Kier molecular flexibility index (Phi) is 6.44. The fourth-order valence-electron chi connectivity index (χ4n) is 1.77. The van der Waals surface area contributed by atoms with Gasteiger partial charge in [-0.2, -0.15) is 0 Å². The van der Waals surface area contributed by atoms with E-state index in [2.05, 4.69) is 26.6 Å². The fourth-order valence-corrected chi connectivity index (χ4v) is 3.40. The van der Waals surface area contributed by atoms with Gasteiger partial charge < -0.3 is 15.5 Å². The number of nitrogens with one attached hydrogen (secondary N) is 2. The van der Waals surface area contributed by atoms with E-state index < -0.39 is 0 Å². The van der Waals surface area contributed by atoms with Gasteiger partial charge in [-0.15, -0.1) is 11.3 Å². The molecule has 0 saturated heterocycles. The summed E-state index contributed by atoms with van der Waals surface area (Å²) in [6.45, 7) is 0.390. The van der Waals surface area contributed by atoms with Gasteiger partial charge in [0.05, 0.1) is 13.1 Å². The van der Waals surface area contributed by atoms with Crippen molar-refractivity contribution in [3.8, 4) is 0 Å². The van der Waals surface area contributed by atoms with Crippen LogP contribution in [-0.2, 0) is 11.3 Å². The zero-order chi connectivity index (χ0) is 16.8. The molecule has 0 aliphatic carbocycles. The molecule has 0 fully saturated rings. The maximum atomic E-state index is 12.0. The van der Waals surface area contributed by atoms with Gasteiger partial charge in [-0.25, -0.2) is 4.79 Å². The summed E-state index contributed by atoms with van der Waals surface area (Å²) < 4.78 is 0.994. The molecule has 2 N–H and O–H groups in total. The van der Waals surface area contributed by atoms with E-state index in [0.29, 0.717) is 17.3 Å². The number of hydrogen-bond acceptors (Lipinski definition) is 3. The van der Waals surface area contributed by atoms with E-state index in [4.69, 9.17) is 11.6 Å². The first kappa shape index (κ1) is 17.8. The Morgan fingerprint density at radius 2 is 2.00 bits per heavy atom. The van der Waals surface area contributed by atoms with E-state index >= 15 is 0 Å². The van der Waals surface area contributed by atoms with Crippen molar-refractivity contribution in [3.63, 3.8) is 0 Å². The molecule has 8 heteroatoms. The number of nitrogens with zero attached hydrogens (tertiary/aromatic N) is 1. The minimum Gasteiger partial charge on any atom is -0.329 e. The lowest BCUT2D eigenvalue weighted by atomic mass is 10.3. The highest BCUT2D eigenvalue weighted by atomic mass is 79.9. The molecular weight excluding hydrogens is 402 g/mol. The highest BCUT2D eigenvalue weighted by molar-refractivity contribution is 9.10. The molecule has 2 rings (SSSR count). The third-order valence-electron chi connectivity index (χ3n) is 2.89. The molecule has 0 spiro atoms. The molecule has 0 atom stereocenters. The largest absolute Gasteiger partial charge is 0.329 e. The Morgan fingerprint density at radius 1 is 1.30 bits per heavy atom. The summed E-state index contributed by atoms with van der Waals surface area (Å²) in [4.78, 5) is 26.3. The maximum absolute atomic E-state index is 12.0. The third-order valence-corrected chi connectivity index (χ3v) is 4.82. The molecule has 3 amide bonds. The molecule has 0 unspecified atom stereocenters. The van der Waals surface area contributed by atoms with Crippen molar-refractivity contribution in [2.45, 2.75) is 6.54 Å². The number of thiophene rings is 1. The van der Waals surface area contributed by atoms with Crippen LogP contribution in [-0.4, -0.2) is 30.4 Å². The van der Waals surface area contributed by atoms with Crippen molar-refractivity contribution in [3.05, 3.63) is 50.1 Å². The second kappa shape index (κ2) is 8.33. The highest BCUT2D eigenvalue weighted by Crippen LogP contribution is 2.20. The molecule has 0 aliphatic rings. The summed E-state index contributed by atoms with van der Waals surface area (Å²) in [6, 6.07) is 8.42. The van der Waals surface area contributed by atoms with E-state index in [0.717, 1.165) is 9.35 Å². The lowest BCUT2D eigenvalue weighted by Gasteiger charge is -2.17.